The second-order valence-corrected chi connectivity index (χ2v) is 7.82. The summed E-state index contributed by atoms with van der Waals surface area (Å²) in [6.07, 6.45) is 6.19. The van der Waals surface area contributed by atoms with Crippen LogP contribution in [0.3, 0.4) is 0 Å². The van der Waals surface area contributed by atoms with Crippen LogP contribution in [0.5, 0.6) is 11.5 Å². The quantitative estimate of drug-likeness (QED) is 0.474. The van der Waals surface area contributed by atoms with Gasteiger partial charge in [-0.25, -0.2) is 0 Å². The average molecular weight is 410 g/mol. The van der Waals surface area contributed by atoms with Crippen molar-refractivity contribution in [3.63, 3.8) is 0 Å². The molecule has 0 atom stereocenters. The monoisotopic (exact) mass is 409 g/mol. The molecule has 30 heavy (non-hydrogen) atoms. The van der Waals surface area contributed by atoms with Gasteiger partial charge < -0.3 is 15.2 Å². The van der Waals surface area contributed by atoms with Gasteiger partial charge in [-0.2, -0.15) is 0 Å². The zero-order valence-electron chi connectivity index (χ0n) is 20.0. The van der Waals surface area contributed by atoms with Crippen LogP contribution >= 0.6 is 0 Å². The average Bonchev–Trinajstić information content (AvgIpc) is 2.71. The smallest absolute Gasteiger partial charge is 0.143 e. The fourth-order valence-electron chi connectivity index (χ4n) is 3.29. The van der Waals surface area contributed by atoms with Gasteiger partial charge in [0.25, 0.3) is 0 Å². The van der Waals surface area contributed by atoms with E-state index in [1.54, 1.807) is 0 Å². The number of hydrogen-bond acceptors (Lipinski definition) is 3. The second kappa shape index (κ2) is 12.1. The Kier molecular flexibility index (Phi) is 10.2. The number of para-hydroxylation sites is 1. The van der Waals surface area contributed by atoms with Gasteiger partial charge in [0.2, 0.25) is 0 Å². The highest BCUT2D eigenvalue weighted by Gasteiger charge is 2.09. The first kappa shape index (κ1) is 25.4. The summed E-state index contributed by atoms with van der Waals surface area (Å²) in [5, 5.41) is 13.0. The van der Waals surface area contributed by atoms with E-state index in [1.807, 2.05) is 66.0 Å². The van der Waals surface area contributed by atoms with Gasteiger partial charge >= 0.3 is 0 Å². The molecule has 0 heterocycles. The van der Waals surface area contributed by atoms with Crippen molar-refractivity contribution in [2.24, 2.45) is 0 Å². The maximum Gasteiger partial charge on any atom is 0.143 e. The number of aromatic hydroxyl groups is 1. The second-order valence-electron chi connectivity index (χ2n) is 7.82. The lowest BCUT2D eigenvalue weighted by atomic mass is 9.96. The molecule has 0 unspecified atom stereocenters. The van der Waals surface area contributed by atoms with Crippen molar-refractivity contribution < 1.29 is 9.84 Å². The van der Waals surface area contributed by atoms with E-state index < -0.39 is 0 Å². The third-order valence-electron chi connectivity index (χ3n) is 5.00. The summed E-state index contributed by atoms with van der Waals surface area (Å²) in [6, 6.07) is 8.24. The number of nitrogens with one attached hydrogen (secondary N) is 1. The molecule has 0 bridgehead atoms. The van der Waals surface area contributed by atoms with Crippen molar-refractivity contribution in [1.82, 2.24) is 0 Å². The topological polar surface area (TPSA) is 41.5 Å². The lowest BCUT2D eigenvalue weighted by Crippen LogP contribution is -2.08. The molecule has 0 spiro atoms. The van der Waals surface area contributed by atoms with E-state index in [1.165, 1.54) is 11.1 Å². The van der Waals surface area contributed by atoms with Gasteiger partial charge in [-0.15, -0.1) is 0 Å². The summed E-state index contributed by atoms with van der Waals surface area (Å²) < 4.78 is 5.76. The Morgan fingerprint density at radius 3 is 2.13 bits per heavy atom. The number of allylic oxidation sites excluding steroid dienone is 2. The zero-order chi connectivity index (χ0) is 22.8. The lowest BCUT2D eigenvalue weighted by molar-refractivity contribution is 0.243. The Morgan fingerprint density at radius 2 is 1.70 bits per heavy atom. The number of anilines is 1. The molecule has 0 fully saturated rings. The Balaban J connectivity index is 0.000000311. The normalized spacial score (nSPS) is 10.7. The zero-order valence-corrected chi connectivity index (χ0v) is 20.0. The van der Waals surface area contributed by atoms with Crippen LogP contribution in [0.4, 0.5) is 5.69 Å². The van der Waals surface area contributed by atoms with E-state index in [0.29, 0.717) is 5.75 Å². The summed E-state index contributed by atoms with van der Waals surface area (Å²) in [5.74, 6) is 1.36. The molecule has 0 amide bonds. The SMILES string of the molecule is C=C(C)/C=C\c1cccc(OC(C)C)c1NC.CCc1cc(CC)c(C)c(O)c1C. The van der Waals surface area contributed by atoms with E-state index in [4.69, 9.17) is 4.74 Å². The summed E-state index contributed by atoms with van der Waals surface area (Å²) in [4.78, 5) is 0. The summed E-state index contributed by atoms with van der Waals surface area (Å²) >= 11 is 0. The van der Waals surface area contributed by atoms with Gasteiger partial charge in [0.15, 0.2) is 0 Å². The highest BCUT2D eigenvalue weighted by Crippen LogP contribution is 2.30. The van der Waals surface area contributed by atoms with Gasteiger partial charge in [-0.1, -0.05) is 56.4 Å². The van der Waals surface area contributed by atoms with Gasteiger partial charge in [0.1, 0.15) is 11.5 Å². The molecule has 2 aromatic rings. The number of phenols is 1. The molecule has 2 N–H and O–H groups in total. The largest absolute Gasteiger partial charge is 0.507 e. The fourth-order valence-corrected chi connectivity index (χ4v) is 3.29. The number of aryl methyl sites for hydroxylation is 2. The van der Waals surface area contributed by atoms with Gasteiger partial charge in [-0.05, 0) is 75.8 Å². The molecule has 0 aliphatic carbocycles. The molecule has 3 heteroatoms. The molecular weight excluding hydrogens is 370 g/mol. The van der Waals surface area contributed by atoms with Crippen LogP contribution < -0.4 is 10.1 Å². The van der Waals surface area contributed by atoms with Gasteiger partial charge in [0.05, 0.1) is 11.8 Å². The number of ether oxygens (including phenoxy) is 1. The molecule has 3 nitrogen and oxygen atoms in total. The summed E-state index contributed by atoms with van der Waals surface area (Å²) in [7, 11) is 1.90. The molecule has 2 aromatic carbocycles. The molecule has 2 rings (SSSR count). The van der Waals surface area contributed by atoms with Crippen LogP contribution in [-0.2, 0) is 12.8 Å². The fraction of sp³-hybridized carbons (Fsp3) is 0.407. The lowest BCUT2D eigenvalue weighted by Gasteiger charge is -2.15. The molecule has 0 aromatic heterocycles. The molecule has 164 valence electrons. The Morgan fingerprint density at radius 1 is 1.13 bits per heavy atom. The Bertz CT molecular complexity index is 851. The third-order valence-corrected chi connectivity index (χ3v) is 5.00. The first-order valence-electron chi connectivity index (χ1n) is 10.8. The minimum Gasteiger partial charge on any atom is -0.507 e. The number of rotatable bonds is 7. The van der Waals surface area contributed by atoms with E-state index in [2.05, 4.69) is 37.9 Å². The van der Waals surface area contributed by atoms with Crippen molar-refractivity contribution in [3.8, 4) is 11.5 Å². The third kappa shape index (κ3) is 6.98. The standard InChI is InChI=1S/C15H21NO.C12H18O/c1-11(2)9-10-13-7-6-8-14(15(13)16-5)17-12(3)4;1-5-10-7-11(6-2)9(4)12(13)8(10)3/h6-10,12,16H,1H2,2-5H3;7,13H,5-6H2,1-4H3/b10-9-;. The Labute approximate surface area is 183 Å². The summed E-state index contributed by atoms with van der Waals surface area (Å²) in [6.45, 7) is 18.1. The van der Waals surface area contributed by atoms with Gasteiger partial charge in [-0.3, -0.25) is 0 Å². The molecule has 0 radical (unpaired) electrons. The molecule has 0 aliphatic heterocycles. The maximum absolute atomic E-state index is 9.83. The van der Waals surface area contributed by atoms with Crippen LogP contribution in [0, 0.1) is 13.8 Å². The van der Waals surface area contributed by atoms with Crippen LogP contribution in [0.25, 0.3) is 6.08 Å². The van der Waals surface area contributed by atoms with Gasteiger partial charge in [0, 0.05) is 12.6 Å². The predicted octanol–water partition coefficient (Wildman–Crippen LogP) is 7.24. The maximum atomic E-state index is 9.83. The molecule has 0 aliphatic rings. The van der Waals surface area contributed by atoms with Crippen molar-refractivity contribution in [3.05, 3.63) is 70.3 Å². The Hall–Kier alpha value is -2.68. The first-order valence-corrected chi connectivity index (χ1v) is 10.8. The minimum absolute atomic E-state index is 0.169. The van der Waals surface area contributed by atoms with Crippen molar-refractivity contribution in [2.75, 3.05) is 12.4 Å². The van der Waals surface area contributed by atoms with Crippen molar-refractivity contribution in [2.45, 2.75) is 67.4 Å². The van der Waals surface area contributed by atoms with Crippen LogP contribution in [0.15, 0.2) is 42.5 Å². The molecular formula is C27H39NO2. The molecule has 0 saturated carbocycles. The van der Waals surface area contributed by atoms with Crippen LogP contribution in [0.2, 0.25) is 0 Å². The number of hydrogen-bond donors (Lipinski definition) is 2. The van der Waals surface area contributed by atoms with Crippen molar-refractivity contribution in [1.29, 1.82) is 0 Å². The first-order chi connectivity index (χ1) is 14.2. The highest BCUT2D eigenvalue weighted by molar-refractivity contribution is 5.73. The van der Waals surface area contributed by atoms with Crippen LogP contribution in [0.1, 0.15) is 62.4 Å². The molecule has 0 saturated heterocycles. The number of benzene rings is 2. The highest BCUT2D eigenvalue weighted by atomic mass is 16.5. The minimum atomic E-state index is 0.169. The summed E-state index contributed by atoms with van der Waals surface area (Å²) in [5.41, 5.74) is 7.75. The van der Waals surface area contributed by atoms with E-state index in [9.17, 15) is 5.11 Å². The van der Waals surface area contributed by atoms with E-state index >= 15 is 0 Å². The number of phenolic OH excluding ortho intramolecular Hbond substituents is 1. The van der Waals surface area contributed by atoms with Crippen molar-refractivity contribution >= 4 is 11.8 Å². The van der Waals surface area contributed by atoms with E-state index in [0.717, 1.165) is 46.5 Å². The predicted molar refractivity (Wildman–Crippen MR) is 132 cm³/mol. The van der Waals surface area contributed by atoms with Crippen LogP contribution in [-0.4, -0.2) is 18.3 Å². The van der Waals surface area contributed by atoms with E-state index in [-0.39, 0.29) is 6.10 Å².